The highest BCUT2D eigenvalue weighted by molar-refractivity contribution is 7.16. The fourth-order valence-corrected chi connectivity index (χ4v) is 3.80. The first-order chi connectivity index (χ1) is 13.7. The maximum absolute atomic E-state index is 12.5. The number of hydrogen-bond donors (Lipinski definition) is 2. The van der Waals surface area contributed by atoms with E-state index in [1.807, 2.05) is 37.3 Å². The van der Waals surface area contributed by atoms with Crippen molar-refractivity contribution in [3.63, 3.8) is 0 Å². The van der Waals surface area contributed by atoms with Gasteiger partial charge in [-0.3, -0.25) is 14.4 Å². The van der Waals surface area contributed by atoms with Crippen LogP contribution in [-0.4, -0.2) is 36.2 Å². The molecule has 2 aromatic rings. The normalized spacial score (nSPS) is 11.4. The average molecular weight is 416 g/mol. The van der Waals surface area contributed by atoms with Crippen LogP contribution in [0.25, 0.3) is 0 Å². The van der Waals surface area contributed by atoms with Crippen molar-refractivity contribution in [2.75, 3.05) is 11.9 Å². The predicted molar refractivity (Wildman–Crippen MR) is 111 cm³/mol. The highest BCUT2D eigenvalue weighted by Gasteiger charge is 2.23. The molecule has 0 spiro atoms. The molecule has 0 aliphatic rings. The van der Waals surface area contributed by atoms with E-state index in [0.29, 0.717) is 17.0 Å². The number of ether oxygens (including phenoxy) is 1. The van der Waals surface area contributed by atoms with Crippen LogP contribution in [0.5, 0.6) is 0 Å². The van der Waals surface area contributed by atoms with E-state index in [1.54, 1.807) is 6.92 Å². The van der Waals surface area contributed by atoms with Crippen LogP contribution in [0.15, 0.2) is 30.3 Å². The molecule has 0 saturated carbocycles. The van der Waals surface area contributed by atoms with Gasteiger partial charge in [-0.15, -0.1) is 11.3 Å². The zero-order valence-electron chi connectivity index (χ0n) is 16.8. The molecule has 0 bridgehead atoms. The number of hydrogen-bond acceptors (Lipinski definition) is 6. The fraction of sp³-hybridized carbons (Fsp3) is 0.333. The largest absolute Gasteiger partial charge is 0.452 e. The first kappa shape index (κ1) is 22.3. The Balaban J connectivity index is 2.00. The molecule has 2 rings (SSSR count). The topological polar surface area (TPSA) is 102 Å². The minimum atomic E-state index is -0.705. The molecule has 154 valence electrons. The summed E-state index contributed by atoms with van der Waals surface area (Å²) in [5, 5.41) is 5.61. The molecule has 8 heteroatoms. The number of esters is 1. The number of amides is 2. The van der Waals surface area contributed by atoms with Crippen molar-refractivity contribution in [1.82, 2.24) is 5.32 Å². The standard InChI is InChI=1S/C21H24N2O5S/c1-12-14(3)29-20(22-15(4)25)19(12)21(27)28-11-18(26)23-17(13(2)24)10-16-8-6-5-7-9-16/h5-9,17H,10-11H2,1-4H3,(H,22,25)(H,23,26)/t17-/m1/s1. The molecule has 1 atom stereocenters. The van der Waals surface area contributed by atoms with Crippen LogP contribution in [-0.2, 0) is 25.5 Å². The summed E-state index contributed by atoms with van der Waals surface area (Å²) in [4.78, 5) is 48.8. The molecule has 7 nitrogen and oxygen atoms in total. The Bertz CT molecular complexity index is 921. The summed E-state index contributed by atoms with van der Waals surface area (Å²) in [6.45, 7) is 5.80. The number of thiophene rings is 1. The van der Waals surface area contributed by atoms with E-state index in [2.05, 4.69) is 10.6 Å². The zero-order valence-corrected chi connectivity index (χ0v) is 17.6. The maximum Gasteiger partial charge on any atom is 0.341 e. The molecule has 2 N–H and O–H groups in total. The lowest BCUT2D eigenvalue weighted by molar-refractivity contribution is -0.128. The number of carbonyl (C=O) groups excluding carboxylic acids is 4. The van der Waals surface area contributed by atoms with Crippen LogP contribution in [0.3, 0.4) is 0 Å². The third-order valence-corrected chi connectivity index (χ3v) is 5.44. The number of Topliss-reactive ketones (excluding diaryl/α,β-unsaturated/α-hetero) is 1. The van der Waals surface area contributed by atoms with Gasteiger partial charge in [0, 0.05) is 11.8 Å². The molecule has 0 aliphatic carbocycles. The van der Waals surface area contributed by atoms with Gasteiger partial charge in [0.2, 0.25) is 5.91 Å². The summed E-state index contributed by atoms with van der Waals surface area (Å²) in [6.07, 6.45) is 0.353. The second kappa shape index (κ2) is 9.97. The van der Waals surface area contributed by atoms with E-state index < -0.39 is 24.5 Å². The van der Waals surface area contributed by atoms with Crippen molar-refractivity contribution >= 4 is 39.9 Å². The van der Waals surface area contributed by atoms with Crippen LogP contribution in [0, 0.1) is 13.8 Å². The van der Waals surface area contributed by atoms with Gasteiger partial charge in [-0.2, -0.15) is 0 Å². The van der Waals surface area contributed by atoms with Crippen molar-refractivity contribution in [3.8, 4) is 0 Å². The van der Waals surface area contributed by atoms with Crippen LogP contribution in [0.1, 0.15) is 40.2 Å². The Kier molecular flexibility index (Phi) is 7.67. The maximum atomic E-state index is 12.5. The molecule has 0 saturated heterocycles. The van der Waals surface area contributed by atoms with E-state index >= 15 is 0 Å². The van der Waals surface area contributed by atoms with Gasteiger partial charge >= 0.3 is 5.97 Å². The van der Waals surface area contributed by atoms with E-state index in [1.165, 1.54) is 25.2 Å². The lowest BCUT2D eigenvalue weighted by Gasteiger charge is -2.16. The van der Waals surface area contributed by atoms with Gasteiger partial charge in [0.15, 0.2) is 12.4 Å². The smallest absolute Gasteiger partial charge is 0.341 e. The minimum absolute atomic E-state index is 0.189. The Hall–Kier alpha value is -3.00. The fourth-order valence-electron chi connectivity index (χ4n) is 2.71. The zero-order chi connectivity index (χ0) is 21.6. The number of ketones is 1. The van der Waals surface area contributed by atoms with E-state index in [-0.39, 0.29) is 17.3 Å². The van der Waals surface area contributed by atoms with Gasteiger partial charge in [-0.1, -0.05) is 30.3 Å². The average Bonchev–Trinajstić information content (AvgIpc) is 2.93. The third-order valence-electron chi connectivity index (χ3n) is 4.32. The minimum Gasteiger partial charge on any atom is -0.452 e. The molecule has 0 radical (unpaired) electrons. The van der Waals surface area contributed by atoms with Gasteiger partial charge in [-0.25, -0.2) is 4.79 Å². The Morgan fingerprint density at radius 1 is 1.07 bits per heavy atom. The second-order valence-corrected chi connectivity index (χ2v) is 7.89. The number of rotatable bonds is 8. The number of benzene rings is 1. The monoisotopic (exact) mass is 416 g/mol. The van der Waals surface area contributed by atoms with Gasteiger partial charge in [-0.05, 0) is 38.3 Å². The second-order valence-electron chi connectivity index (χ2n) is 6.67. The number of nitrogens with one attached hydrogen (secondary N) is 2. The molecule has 0 aliphatic heterocycles. The van der Waals surface area contributed by atoms with E-state index in [9.17, 15) is 19.2 Å². The van der Waals surface area contributed by atoms with E-state index in [0.717, 1.165) is 10.4 Å². The van der Waals surface area contributed by atoms with Crippen LogP contribution in [0.4, 0.5) is 5.00 Å². The SMILES string of the molecule is CC(=O)Nc1sc(C)c(C)c1C(=O)OCC(=O)N[C@H](Cc1ccccc1)C(C)=O. The van der Waals surface area contributed by atoms with Gasteiger partial charge in [0.05, 0.1) is 11.6 Å². The summed E-state index contributed by atoms with van der Waals surface area (Å²) in [7, 11) is 0. The Morgan fingerprint density at radius 3 is 2.31 bits per heavy atom. The summed E-state index contributed by atoms with van der Waals surface area (Å²) in [5.74, 6) is -1.76. The molecule has 1 aromatic heterocycles. The molecular weight excluding hydrogens is 392 g/mol. The first-order valence-corrected chi connectivity index (χ1v) is 9.89. The summed E-state index contributed by atoms with van der Waals surface area (Å²) in [5.41, 5.74) is 1.84. The van der Waals surface area contributed by atoms with Gasteiger partial charge in [0.1, 0.15) is 5.00 Å². The molecule has 29 heavy (non-hydrogen) atoms. The van der Waals surface area contributed by atoms with Crippen molar-refractivity contribution in [1.29, 1.82) is 0 Å². The van der Waals surface area contributed by atoms with Crippen molar-refractivity contribution in [3.05, 3.63) is 51.9 Å². The van der Waals surface area contributed by atoms with Gasteiger partial charge in [0.25, 0.3) is 5.91 Å². The van der Waals surface area contributed by atoms with E-state index in [4.69, 9.17) is 4.74 Å². The van der Waals surface area contributed by atoms with Crippen LogP contribution in [0.2, 0.25) is 0 Å². The predicted octanol–water partition coefficient (Wildman–Crippen LogP) is 2.80. The lowest BCUT2D eigenvalue weighted by atomic mass is 10.0. The summed E-state index contributed by atoms with van der Waals surface area (Å²) in [6, 6.07) is 8.61. The molecule has 2 amide bonds. The highest BCUT2D eigenvalue weighted by Crippen LogP contribution is 2.32. The quantitative estimate of drug-likeness (QED) is 0.645. The summed E-state index contributed by atoms with van der Waals surface area (Å²) < 4.78 is 5.13. The first-order valence-electron chi connectivity index (χ1n) is 9.07. The Morgan fingerprint density at radius 2 is 1.72 bits per heavy atom. The van der Waals surface area contributed by atoms with Crippen LogP contribution < -0.4 is 10.6 Å². The lowest BCUT2D eigenvalue weighted by Crippen LogP contribution is -2.43. The number of aryl methyl sites for hydroxylation is 1. The van der Waals surface area contributed by atoms with Gasteiger partial charge < -0.3 is 15.4 Å². The highest BCUT2D eigenvalue weighted by atomic mass is 32.1. The molecule has 0 unspecified atom stereocenters. The molecule has 1 aromatic carbocycles. The summed E-state index contributed by atoms with van der Waals surface area (Å²) >= 11 is 1.27. The number of carbonyl (C=O) groups is 4. The third kappa shape index (κ3) is 6.25. The molecule has 1 heterocycles. The van der Waals surface area contributed by atoms with Crippen LogP contribution >= 0.6 is 11.3 Å². The Labute approximate surface area is 173 Å². The van der Waals surface area contributed by atoms with Crippen molar-refractivity contribution in [2.24, 2.45) is 0 Å². The number of anilines is 1. The van der Waals surface area contributed by atoms with Crippen molar-refractivity contribution in [2.45, 2.75) is 40.2 Å². The van der Waals surface area contributed by atoms with Crippen molar-refractivity contribution < 1.29 is 23.9 Å². The molecular formula is C21H24N2O5S. The molecule has 0 fully saturated rings.